The molecule has 8 aromatic rings. The van der Waals surface area contributed by atoms with Crippen LogP contribution in [0.3, 0.4) is 0 Å². The fraction of sp³-hybridized carbons (Fsp3) is 0.189. The van der Waals surface area contributed by atoms with E-state index in [1.165, 1.54) is 5.56 Å². The van der Waals surface area contributed by atoms with Crippen LogP contribution in [0, 0.1) is 0 Å². The molecule has 4 aromatic heterocycles. The van der Waals surface area contributed by atoms with Gasteiger partial charge in [0, 0.05) is 36.2 Å². The number of benzene rings is 4. The van der Waals surface area contributed by atoms with Crippen LogP contribution in [0.4, 0.5) is 27.4 Å². The van der Waals surface area contributed by atoms with Crippen molar-refractivity contribution in [2.24, 2.45) is 0 Å². The van der Waals surface area contributed by atoms with Gasteiger partial charge in [-0.2, -0.15) is 9.97 Å². The van der Waals surface area contributed by atoms with Crippen molar-refractivity contribution in [3.05, 3.63) is 121 Å². The van der Waals surface area contributed by atoms with E-state index in [2.05, 4.69) is 73.6 Å². The number of anilines is 4. The lowest BCUT2D eigenvalue weighted by Crippen LogP contribution is -2.13. The van der Waals surface area contributed by atoms with Crippen LogP contribution in [0.15, 0.2) is 110 Å². The summed E-state index contributed by atoms with van der Waals surface area (Å²) < 4.78 is 16.7. The maximum Gasteiger partial charge on any atom is 0.257 e. The van der Waals surface area contributed by atoms with Gasteiger partial charge in [0.1, 0.15) is 31.0 Å². The summed E-state index contributed by atoms with van der Waals surface area (Å²) in [5.41, 5.74) is 5.97. The molecule has 11 heteroatoms. The van der Waals surface area contributed by atoms with Crippen LogP contribution >= 0.6 is 0 Å². The van der Waals surface area contributed by atoms with Gasteiger partial charge in [-0.1, -0.05) is 69.3 Å². The minimum absolute atomic E-state index is 0.487. The van der Waals surface area contributed by atoms with Gasteiger partial charge in [-0.05, 0) is 66.1 Å². The lowest BCUT2D eigenvalue weighted by Gasteiger charge is -2.21. The van der Waals surface area contributed by atoms with Gasteiger partial charge in [0.2, 0.25) is 0 Å². The summed E-state index contributed by atoms with van der Waals surface area (Å²) in [6.07, 6.45) is 4.36. The molecule has 0 unspecified atom stereocenters. The largest absolute Gasteiger partial charge is 0.329 e. The number of hydrogen-bond acceptors (Lipinski definition) is 8. The Balaban J connectivity index is 0.000000159. The highest BCUT2D eigenvalue weighted by Gasteiger charge is 2.16. The van der Waals surface area contributed by atoms with Gasteiger partial charge >= 0.3 is 0 Å². The highest BCUT2D eigenvalue weighted by molar-refractivity contribution is 5.94. The van der Waals surface area contributed by atoms with E-state index in [1.807, 2.05) is 96.2 Å². The topological polar surface area (TPSA) is 92.6 Å². The highest BCUT2D eigenvalue weighted by Crippen LogP contribution is 2.31. The number of nitrogens with zero attached hydrogens (tertiary/aromatic N) is 10. The summed E-state index contributed by atoms with van der Waals surface area (Å²) in [6, 6.07) is 32.0. The quantitative estimate of drug-likeness (QED) is 0.180. The van der Waals surface area contributed by atoms with Gasteiger partial charge in [0.15, 0.2) is 0 Å². The monoisotopic (exact) mass is 640 g/mol. The van der Waals surface area contributed by atoms with Crippen molar-refractivity contribution < 1.29 is 4.39 Å². The number of aromatic nitrogens is 8. The average molecular weight is 641 g/mol. The second kappa shape index (κ2) is 14.2. The maximum atomic E-state index is 12.9. The van der Waals surface area contributed by atoms with E-state index in [1.54, 1.807) is 18.7 Å². The Kier molecular flexibility index (Phi) is 9.47. The SMILES string of the molecule is CC.CCc1cccc(N(C)c2nc3nncn3c3ccccc23)c1.CN(c1cccc(CF)c1)c1nc2nncn2c2ccccc12. The smallest absolute Gasteiger partial charge is 0.257 e. The van der Waals surface area contributed by atoms with Crippen molar-refractivity contribution in [3.63, 3.8) is 0 Å². The van der Waals surface area contributed by atoms with Crippen LogP contribution in [-0.2, 0) is 13.1 Å². The number of alkyl halides is 1. The lowest BCUT2D eigenvalue weighted by atomic mass is 10.1. The molecule has 0 radical (unpaired) electrons. The van der Waals surface area contributed by atoms with Crippen molar-refractivity contribution in [2.75, 3.05) is 23.9 Å². The summed E-state index contributed by atoms with van der Waals surface area (Å²) >= 11 is 0. The summed E-state index contributed by atoms with van der Waals surface area (Å²) in [4.78, 5) is 13.4. The summed E-state index contributed by atoms with van der Waals surface area (Å²) in [5, 5.41) is 18.1. The molecule has 0 spiro atoms. The first-order chi connectivity index (χ1) is 23.6. The van der Waals surface area contributed by atoms with E-state index in [0.717, 1.165) is 51.2 Å². The fourth-order valence-corrected chi connectivity index (χ4v) is 5.59. The second-order valence-electron chi connectivity index (χ2n) is 10.9. The Labute approximate surface area is 278 Å². The number of para-hydroxylation sites is 2. The van der Waals surface area contributed by atoms with E-state index in [9.17, 15) is 4.39 Å². The van der Waals surface area contributed by atoms with Gasteiger partial charge in [0.05, 0.1) is 11.0 Å². The van der Waals surface area contributed by atoms with Crippen molar-refractivity contribution >= 4 is 56.4 Å². The van der Waals surface area contributed by atoms with Gasteiger partial charge < -0.3 is 9.80 Å². The van der Waals surface area contributed by atoms with E-state index >= 15 is 0 Å². The highest BCUT2D eigenvalue weighted by atomic mass is 19.1. The van der Waals surface area contributed by atoms with Gasteiger partial charge in [-0.15, -0.1) is 20.4 Å². The van der Waals surface area contributed by atoms with E-state index in [4.69, 9.17) is 4.98 Å². The Morgan fingerprint density at radius 1 is 0.604 bits per heavy atom. The fourth-order valence-electron chi connectivity index (χ4n) is 5.59. The molecule has 0 amide bonds. The molecule has 48 heavy (non-hydrogen) atoms. The molecule has 0 aliphatic rings. The molecule has 4 heterocycles. The minimum Gasteiger partial charge on any atom is -0.329 e. The Hall–Kier alpha value is -5.97. The van der Waals surface area contributed by atoms with Gasteiger partial charge in [-0.25, -0.2) is 4.39 Å². The Morgan fingerprint density at radius 3 is 1.54 bits per heavy atom. The minimum atomic E-state index is -0.487. The first-order valence-corrected chi connectivity index (χ1v) is 15.9. The molecule has 4 aromatic carbocycles. The number of halogens is 1. The molecule has 0 atom stereocenters. The van der Waals surface area contributed by atoms with Crippen LogP contribution in [0.25, 0.3) is 33.4 Å². The third kappa shape index (κ3) is 6.09. The predicted molar refractivity (Wildman–Crippen MR) is 191 cm³/mol. The zero-order chi connectivity index (χ0) is 33.6. The van der Waals surface area contributed by atoms with Crippen LogP contribution in [-0.4, -0.2) is 53.3 Å². The number of rotatable bonds is 6. The molecule has 0 saturated carbocycles. The Bertz CT molecular complexity index is 2150. The van der Waals surface area contributed by atoms with Crippen LogP contribution < -0.4 is 9.80 Å². The standard InChI is InChI=1S/C18H17N5.C17H14FN5.C2H6/c1-3-13-7-6-8-14(11-13)22(2)17-15-9-4-5-10-16(15)23-12-19-21-18(23)20-17;1-22(13-6-4-5-12(9-13)10-18)16-14-7-2-3-8-15(14)23-11-19-21-17(23)20-16;1-2/h4-12H,3H2,1-2H3;2-9,11H,10H2,1H3;1-2H3. The molecule has 10 nitrogen and oxygen atoms in total. The number of hydrogen-bond donors (Lipinski definition) is 0. The molecule has 0 N–H and O–H groups in total. The maximum absolute atomic E-state index is 12.9. The molecule has 0 saturated heterocycles. The third-order valence-electron chi connectivity index (χ3n) is 8.07. The van der Waals surface area contributed by atoms with E-state index < -0.39 is 6.67 Å². The van der Waals surface area contributed by atoms with Gasteiger partial charge in [-0.3, -0.25) is 8.80 Å². The molecular weight excluding hydrogens is 603 g/mol. The van der Waals surface area contributed by atoms with Gasteiger partial charge in [0.25, 0.3) is 11.6 Å². The van der Waals surface area contributed by atoms with Crippen molar-refractivity contribution in [3.8, 4) is 0 Å². The lowest BCUT2D eigenvalue weighted by molar-refractivity contribution is 0.485. The van der Waals surface area contributed by atoms with E-state index in [0.29, 0.717) is 17.1 Å². The van der Waals surface area contributed by atoms with Crippen molar-refractivity contribution in [1.82, 2.24) is 39.2 Å². The molecular formula is C37H37FN10. The zero-order valence-electron chi connectivity index (χ0n) is 27.7. The molecule has 242 valence electrons. The van der Waals surface area contributed by atoms with Crippen molar-refractivity contribution in [2.45, 2.75) is 33.9 Å². The average Bonchev–Trinajstić information content (AvgIpc) is 3.85. The first kappa shape index (κ1) is 32.0. The third-order valence-corrected chi connectivity index (χ3v) is 8.07. The molecule has 0 aliphatic carbocycles. The van der Waals surface area contributed by atoms with Crippen LogP contribution in [0.1, 0.15) is 31.9 Å². The summed E-state index contributed by atoms with van der Waals surface area (Å²) in [5.74, 6) is 2.79. The number of aryl methyl sites for hydroxylation is 1. The molecule has 0 fully saturated rings. The second-order valence-corrected chi connectivity index (χ2v) is 10.9. The summed E-state index contributed by atoms with van der Waals surface area (Å²) in [6.45, 7) is 5.67. The van der Waals surface area contributed by atoms with Crippen molar-refractivity contribution in [1.29, 1.82) is 0 Å². The normalized spacial score (nSPS) is 10.9. The zero-order valence-corrected chi connectivity index (χ0v) is 27.7. The van der Waals surface area contributed by atoms with Crippen LogP contribution in [0.5, 0.6) is 0 Å². The Morgan fingerprint density at radius 2 is 1.06 bits per heavy atom. The first-order valence-electron chi connectivity index (χ1n) is 15.9. The summed E-state index contributed by atoms with van der Waals surface area (Å²) in [7, 11) is 3.95. The molecule has 8 rings (SSSR count). The predicted octanol–water partition coefficient (Wildman–Crippen LogP) is 8.15. The molecule has 0 aliphatic heterocycles. The van der Waals surface area contributed by atoms with E-state index in [-0.39, 0.29) is 0 Å². The van der Waals surface area contributed by atoms with Crippen LogP contribution in [0.2, 0.25) is 0 Å². The molecule has 0 bridgehead atoms. The number of fused-ring (bicyclic) bond motifs is 6.